The molecular weight excluding hydrogens is 332 g/mol. The van der Waals surface area contributed by atoms with Crippen molar-refractivity contribution in [3.05, 3.63) is 52.5 Å². The van der Waals surface area contributed by atoms with Gasteiger partial charge in [0.2, 0.25) is 11.8 Å². The summed E-state index contributed by atoms with van der Waals surface area (Å²) in [5.74, 6) is 1.71. The highest BCUT2D eigenvalue weighted by atomic mass is 79.9. The van der Waals surface area contributed by atoms with E-state index in [2.05, 4.69) is 26.1 Å². The van der Waals surface area contributed by atoms with Gasteiger partial charge in [-0.25, -0.2) is 0 Å². The molecule has 0 radical (unpaired) electrons. The molecule has 1 heterocycles. The quantitative estimate of drug-likeness (QED) is 0.702. The van der Waals surface area contributed by atoms with Gasteiger partial charge < -0.3 is 9.15 Å². The van der Waals surface area contributed by atoms with Crippen LogP contribution in [0.15, 0.2) is 51.4 Å². The smallest absolute Gasteiger partial charge is 0.249 e. The first kappa shape index (κ1) is 13.8. The van der Waals surface area contributed by atoms with E-state index < -0.39 is 0 Å². The van der Waals surface area contributed by atoms with Crippen molar-refractivity contribution in [2.75, 3.05) is 7.11 Å². The number of rotatable bonds is 3. The SMILES string of the molecule is COc1ccc(Br)c(-c2nnc(-c3ccccc3C)o2)c1. The first-order chi connectivity index (χ1) is 10.2. The molecule has 21 heavy (non-hydrogen) atoms. The van der Waals surface area contributed by atoms with E-state index >= 15 is 0 Å². The van der Waals surface area contributed by atoms with Crippen LogP contribution in [0.1, 0.15) is 5.56 Å². The summed E-state index contributed by atoms with van der Waals surface area (Å²) < 4.78 is 11.9. The van der Waals surface area contributed by atoms with Gasteiger partial charge in [-0.15, -0.1) is 10.2 Å². The fraction of sp³-hybridized carbons (Fsp3) is 0.125. The van der Waals surface area contributed by atoms with E-state index in [0.717, 1.165) is 26.9 Å². The molecule has 0 N–H and O–H groups in total. The Hall–Kier alpha value is -2.14. The number of nitrogens with zero attached hydrogens (tertiary/aromatic N) is 2. The second-order valence-electron chi connectivity index (χ2n) is 4.57. The van der Waals surface area contributed by atoms with Gasteiger partial charge in [-0.3, -0.25) is 0 Å². The summed E-state index contributed by atoms with van der Waals surface area (Å²) in [6.07, 6.45) is 0. The van der Waals surface area contributed by atoms with Crippen molar-refractivity contribution in [2.24, 2.45) is 0 Å². The fourth-order valence-corrected chi connectivity index (χ4v) is 2.47. The van der Waals surface area contributed by atoms with Crippen LogP contribution in [0.25, 0.3) is 22.9 Å². The van der Waals surface area contributed by atoms with Crippen LogP contribution >= 0.6 is 15.9 Å². The zero-order valence-electron chi connectivity index (χ0n) is 11.6. The molecule has 0 aliphatic rings. The molecule has 0 bridgehead atoms. The Morgan fingerprint density at radius 1 is 1.00 bits per heavy atom. The summed E-state index contributed by atoms with van der Waals surface area (Å²) >= 11 is 3.49. The maximum atomic E-state index is 5.81. The van der Waals surface area contributed by atoms with E-state index in [1.165, 1.54) is 0 Å². The van der Waals surface area contributed by atoms with Crippen LogP contribution in [0.4, 0.5) is 0 Å². The third-order valence-electron chi connectivity index (χ3n) is 3.20. The van der Waals surface area contributed by atoms with Crippen LogP contribution in [-0.4, -0.2) is 17.3 Å². The van der Waals surface area contributed by atoms with Gasteiger partial charge in [-0.05, 0) is 52.7 Å². The first-order valence-corrected chi connectivity index (χ1v) is 7.22. The Balaban J connectivity index is 2.05. The topological polar surface area (TPSA) is 48.2 Å². The third-order valence-corrected chi connectivity index (χ3v) is 3.90. The number of hydrogen-bond donors (Lipinski definition) is 0. The lowest BCUT2D eigenvalue weighted by Crippen LogP contribution is -1.85. The number of hydrogen-bond acceptors (Lipinski definition) is 4. The molecule has 1 aromatic heterocycles. The summed E-state index contributed by atoms with van der Waals surface area (Å²) in [5.41, 5.74) is 2.84. The Morgan fingerprint density at radius 3 is 2.43 bits per heavy atom. The van der Waals surface area contributed by atoms with Crippen molar-refractivity contribution in [1.29, 1.82) is 0 Å². The van der Waals surface area contributed by atoms with E-state index in [1.807, 2.05) is 49.4 Å². The number of benzene rings is 2. The van der Waals surface area contributed by atoms with Crippen LogP contribution in [0.2, 0.25) is 0 Å². The summed E-state index contributed by atoms with van der Waals surface area (Å²) in [6, 6.07) is 13.5. The van der Waals surface area contributed by atoms with E-state index in [9.17, 15) is 0 Å². The van der Waals surface area contributed by atoms with Gasteiger partial charge in [0.15, 0.2) is 0 Å². The minimum atomic E-state index is 0.457. The summed E-state index contributed by atoms with van der Waals surface area (Å²) in [4.78, 5) is 0. The zero-order valence-corrected chi connectivity index (χ0v) is 13.2. The second kappa shape index (κ2) is 5.69. The molecule has 0 aliphatic carbocycles. The van der Waals surface area contributed by atoms with Crippen molar-refractivity contribution in [3.63, 3.8) is 0 Å². The number of halogens is 1. The van der Waals surface area contributed by atoms with Gasteiger partial charge in [0, 0.05) is 10.0 Å². The molecule has 5 heteroatoms. The van der Waals surface area contributed by atoms with Gasteiger partial charge in [-0.1, -0.05) is 18.2 Å². The maximum absolute atomic E-state index is 5.81. The van der Waals surface area contributed by atoms with Crippen molar-refractivity contribution in [3.8, 4) is 28.7 Å². The maximum Gasteiger partial charge on any atom is 0.249 e. The summed E-state index contributed by atoms with van der Waals surface area (Å²) in [6.45, 7) is 2.01. The second-order valence-corrected chi connectivity index (χ2v) is 5.43. The fourth-order valence-electron chi connectivity index (χ4n) is 2.05. The Bertz CT molecular complexity index is 783. The highest BCUT2D eigenvalue weighted by Crippen LogP contribution is 2.33. The first-order valence-electron chi connectivity index (χ1n) is 6.42. The molecule has 0 amide bonds. The molecular formula is C16H13BrN2O2. The normalized spacial score (nSPS) is 10.6. The van der Waals surface area contributed by atoms with Crippen LogP contribution in [0.5, 0.6) is 5.75 Å². The monoisotopic (exact) mass is 344 g/mol. The number of aryl methyl sites for hydroxylation is 1. The average Bonchev–Trinajstić information content (AvgIpc) is 2.97. The molecule has 3 aromatic rings. The molecule has 0 saturated carbocycles. The van der Waals surface area contributed by atoms with E-state index in [-0.39, 0.29) is 0 Å². The number of methoxy groups -OCH3 is 1. The van der Waals surface area contributed by atoms with Gasteiger partial charge in [0.05, 0.1) is 12.7 Å². The Morgan fingerprint density at radius 2 is 1.71 bits per heavy atom. The number of aromatic nitrogens is 2. The molecule has 0 spiro atoms. The van der Waals surface area contributed by atoms with Gasteiger partial charge in [0.25, 0.3) is 0 Å². The van der Waals surface area contributed by atoms with E-state index in [4.69, 9.17) is 9.15 Å². The van der Waals surface area contributed by atoms with Crippen LogP contribution in [0.3, 0.4) is 0 Å². The molecule has 0 fully saturated rings. The van der Waals surface area contributed by atoms with Crippen molar-refractivity contribution < 1.29 is 9.15 Å². The van der Waals surface area contributed by atoms with Crippen molar-refractivity contribution >= 4 is 15.9 Å². The largest absolute Gasteiger partial charge is 0.497 e. The van der Waals surface area contributed by atoms with Crippen LogP contribution in [-0.2, 0) is 0 Å². The molecule has 2 aromatic carbocycles. The predicted molar refractivity (Wildman–Crippen MR) is 84.2 cm³/mol. The minimum absolute atomic E-state index is 0.457. The zero-order chi connectivity index (χ0) is 14.8. The van der Waals surface area contributed by atoms with Gasteiger partial charge in [0.1, 0.15) is 5.75 Å². The van der Waals surface area contributed by atoms with Crippen LogP contribution in [0, 0.1) is 6.92 Å². The van der Waals surface area contributed by atoms with E-state index in [0.29, 0.717) is 11.8 Å². The number of ether oxygens (including phenoxy) is 1. The van der Waals surface area contributed by atoms with E-state index in [1.54, 1.807) is 7.11 Å². The lowest BCUT2D eigenvalue weighted by Gasteiger charge is -2.03. The average molecular weight is 345 g/mol. The lowest BCUT2D eigenvalue weighted by molar-refractivity contribution is 0.414. The summed E-state index contributed by atoms with van der Waals surface area (Å²) in [5, 5.41) is 8.28. The molecule has 0 atom stereocenters. The van der Waals surface area contributed by atoms with Crippen LogP contribution < -0.4 is 4.74 Å². The van der Waals surface area contributed by atoms with Crippen molar-refractivity contribution in [1.82, 2.24) is 10.2 Å². The highest BCUT2D eigenvalue weighted by Gasteiger charge is 2.15. The highest BCUT2D eigenvalue weighted by molar-refractivity contribution is 9.10. The molecule has 106 valence electrons. The Kier molecular flexibility index (Phi) is 3.75. The Labute approximate surface area is 130 Å². The van der Waals surface area contributed by atoms with Gasteiger partial charge in [-0.2, -0.15) is 0 Å². The molecule has 3 rings (SSSR count). The lowest BCUT2D eigenvalue weighted by atomic mass is 10.1. The van der Waals surface area contributed by atoms with Gasteiger partial charge >= 0.3 is 0 Å². The standard InChI is InChI=1S/C16H13BrN2O2/c1-10-5-3-4-6-12(10)15-18-19-16(21-15)13-9-11(20-2)7-8-14(13)17/h3-9H,1-2H3. The molecule has 0 saturated heterocycles. The predicted octanol–water partition coefficient (Wildman–Crippen LogP) is 4.48. The molecule has 0 unspecified atom stereocenters. The minimum Gasteiger partial charge on any atom is -0.497 e. The summed E-state index contributed by atoms with van der Waals surface area (Å²) in [7, 11) is 1.62. The van der Waals surface area contributed by atoms with Crippen molar-refractivity contribution in [2.45, 2.75) is 6.92 Å². The third kappa shape index (κ3) is 2.69. The molecule has 0 aliphatic heterocycles. The molecule has 4 nitrogen and oxygen atoms in total.